The van der Waals surface area contributed by atoms with E-state index in [4.69, 9.17) is 9.15 Å². The number of nitrogens with one attached hydrogen (secondary N) is 1. The summed E-state index contributed by atoms with van der Waals surface area (Å²) in [5.74, 6) is 0.849. The molecule has 28 heavy (non-hydrogen) atoms. The Morgan fingerprint density at radius 3 is 2.68 bits per heavy atom. The second-order valence-electron chi connectivity index (χ2n) is 6.13. The molecule has 0 aliphatic carbocycles. The number of aromatic nitrogens is 1. The summed E-state index contributed by atoms with van der Waals surface area (Å²) in [7, 11) is 5.36. The number of aryl methyl sites for hydroxylation is 1. The summed E-state index contributed by atoms with van der Waals surface area (Å²) in [4.78, 5) is 18.8. The Balaban J connectivity index is 0.00000136. The lowest BCUT2D eigenvalue weighted by Crippen LogP contribution is -2.18. The summed E-state index contributed by atoms with van der Waals surface area (Å²) >= 11 is 0. The fraction of sp³-hybridized carbons (Fsp3) is 0.182. The topological polar surface area (TPSA) is 67.6 Å². The molecule has 0 fully saturated rings. The smallest absolute Gasteiger partial charge is 0.257 e. The van der Waals surface area contributed by atoms with Gasteiger partial charge in [-0.15, -0.1) is 13.2 Å². The van der Waals surface area contributed by atoms with Crippen molar-refractivity contribution >= 4 is 17.0 Å². The van der Waals surface area contributed by atoms with E-state index in [1.54, 1.807) is 37.7 Å². The Morgan fingerprint density at radius 1 is 1.25 bits per heavy atom. The van der Waals surface area contributed by atoms with Gasteiger partial charge in [0.25, 0.3) is 5.91 Å². The Hall–Kier alpha value is -3.54. The molecule has 1 N–H and O–H groups in total. The molecule has 0 atom stereocenters. The van der Waals surface area contributed by atoms with Crippen LogP contribution in [-0.4, -0.2) is 37.0 Å². The van der Waals surface area contributed by atoms with Gasteiger partial charge in [0.2, 0.25) is 5.89 Å². The minimum Gasteiger partial charge on any atom is -0.496 e. The molecule has 1 amide bonds. The average molecular weight is 379 g/mol. The highest BCUT2D eigenvalue weighted by molar-refractivity contribution is 6.05. The van der Waals surface area contributed by atoms with Gasteiger partial charge >= 0.3 is 0 Å². The molecular formula is C22H25N3O3. The van der Waals surface area contributed by atoms with Gasteiger partial charge < -0.3 is 19.4 Å². The molecule has 2 aromatic carbocycles. The standard InChI is InChI=1S/C20H21N3O3.C2H4/c1-13-8-9-14(17(12-13)25-4)20-22-18-15(6-5-7-16(18)26-20)19(24)21-10-11-23(2)3;1-2/h5-12H,1-4H3,(H,21,24);1-2H2. The maximum atomic E-state index is 12.5. The van der Waals surface area contributed by atoms with Crippen molar-refractivity contribution in [3.63, 3.8) is 0 Å². The SMILES string of the molecule is C=C.COc1cc(C)ccc1-c1nc2c(C(=O)NC=CN(C)C)cccc2o1. The zero-order valence-electron chi connectivity index (χ0n) is 16.7. The molecular weight excluding hydrogens is 354 g/mol. The number of hydrogen-bond acceptors (Lipinski definition) is 5. The van der Waals surface area contributed by atoms with Crippen LogP contribution in [0.15, 0.2) is 66.4 Å². The van der Waals surface area contributed by atoms with Gasteiger partial charge in [0, 0.05) is 26.5 Å². The van der Waals surface area contributed by atoms with Gasteiger partial charge in [0.15, 0.2) is 5.58 Å². The van der Waals surface area contributed by atoms with E-state index < -0.39 is 0 Å². The van der Waals surface area contributed by atoms with Crippen LogP contribution in [0.5, 0.6) is 5.75 Å². The minimum absolute atomic E-state index is 0.246. The highest BCUT2D eigenvalue weighted by atomic mass is 16.5. The fourth-order valence-corrected chi connectivity index (χ4v) is 2.56. The number of hydrogen-bond donors (Lipinski definition) is 1. The van der Waals surface area contributed by atoms with Crippen molar-refractivity contribution in [2.24, 2.45) is 0 Å². The Labute approximate surface area is 165 Å². The van der Waals surface area contributed by atoms with Crippen molar-refractivity contribution in [1.82, 2.24) is 15.2 Å². The second-order valence-corrected chi connectivity index (χ2v) is 6.13. The predicted molar refractivity (Wildman–Crippen MR) is 112 cm³/mol. The van der Waals surface area contributed by atoms with E-state index in [1.165, 1.54) is 0 Å². The summed E-state index contributed by atoms with van der Waals surface area (Å²) in [5, 5.41) is 2.73. The third-order valence-electron chi connectivity index (χ3n) is 3.84. The Morgan fingerprint density at radius 2 is 2.00 bits per heavy atom. The van der Waals surface area contributed by atoms with Gasteiger partial charge in [0.05, 0.1) is 18.2 Å². The van der Waals surface area contributed by atoms with E-state index in [0.29, 0.717) is 28.3 Å². The molecule has 0 aliphatic heterocycles. The van der Waals surface area contributed by atoms with Gasteiger partial charge in [-0.2, -0.15) is 0 Å². The number of carbonyl (C=O) groups is 1. The quantitative estimate of drug-likeness (QED) is 0.667. The summed E-state index contributed by atoms with van der Waals surface area (Å²) in [6, 6.07) is 11.1. The van der Waals surface area contributed by atoms with E-state index in [1.807, 2.05) is 44.1 Å². The van der Waals surface area contributed by atoms with E-state index in [2.05, 4.69) is 23.5 Å². The molecule has 3 aromatic rings. The highest BCUT2D eigenvalue weighted by Crippen LogP contribution is 2.33. The molecule has 0 saturated carbocycles. The van der Waals surface area contributed by atoms with E-state index in [9.17, 15) is 4.79 Å². The van der Waals surface area contributed by atoms with Crippen molar-refractivity contribution in [1.29, 1.82) is 0 Å². The van der Waals surface area contributed by atoms with Crippen molar-refractivity contribution in [3.8, 4) is 17.2 Å². The van der Waals surface area contributed by atoms with Crippen molar-refractivity contribution in [3.05, 3.63) is 73.1 Å². The first-order chi connectivity index (χ1) is 13.5. The number of nitrogens with zero attached hydrogens (tertiary/aromatic N) is 2. The van der Waals surface area contributed by atoms with Crippen LogP contribution in [0, 0.1) is 6.92 Å². The first-order valence-electron chi connectivity index (χ1n) is 8.68. The second kappa shape index (κ2) is 9.41. The number of oxazole rings is 1. The van der Waals surface area contributed by atoms with Gasteiger partial charge in [0.1, 0.15) is 11.3 Å². The Bertz CT molecular complexity index is 990. The highest BCUT2D eigenvalue weighted by Gasteiger charge is 2.17. The fourth-order valence-electron chi connectivity index (χ4n) is 2.56. The van der Waals surface area contributed by atoms with Gasteiger partial charge in [-0.25, -0.2) is 4.98 Å². The summed E-state index contributed by atoms with van der Waals surface area (Å²) < 4.78 is 11.3. The molecule has 1 heterocycles. The third kappa shape index (κ3) is 4.59. The molecule has 0 bridgehead atoms. The first kappa shape index (κ1) is 20.8. The number of amides is 1. The van der Waals surface area contributed by atoms with Crippen LogP contribution in [0.2, 0.25) is 0 Å². The maximum Gasteiger partial charge on any atom is 0.257 e. The largest absolute Gasteiger partial charge is 0.496 e. The predicted octanol–water partition coefficient (Wildman–Crippen LogP) is 4.38. The molecule has 1 aromatic heterocycles. The summed E-state index contributed by atoms with van der Waals surface area (Å²) in [6.07, 6.45) is 3.34. The van der Waals surface area contributed by atoms with Crippen LogP contribution in [0.3, 0.4) is 0 Å². The van der Waals surface area contributed by atoms with E-state index >= 15 is 0 Å². The molecule has 6 heteroatoms. The van der Waals surface area contributed by atoms with Gasteiger partial charge in [-0.3, -0.25) is 4.79 Å². The number of fused-ring (bicyclic) bond motifs is 1. The molecule has 0 radical (unpaired) electrons. The van der Waals surface area contributed by atoms with E-state index in [0.717, 1.165) is 11.1 Å². The first-order valence-corrected chi connectivity index (χ1v) is 8.68. The normalized spacial score (nSPS) is 10.4. The third-order valence-corrected chi connectivity index (χ3v) is 3.84. The molecule has 3 rings (SSSR count). The molecule has 6 nitrogen and oxygen atoms in total. The van der Waals surface area contributed by atoms with Crippen molar-refractivity contribution in [2.45, 2.75) is 6.92 Å². The lowest BCUT2D eigenvalue weighted by atomic mass is 10.1. The molecule has 0 unspecified atom stereocenters. The monoisotopic (exact) mass is 379 g/mol. The minimum atomic E-state index is -0.246. The zero-order valence-corrected chi connectivity index (χ0v) is 16.7. The molecule has 0 saturated heterocycles. The molecule has 0 aliphatic rings. The van der Waals surface area contributed by atoms with Crippen LogP contribution in [0.25, 0.3) is 22.6 Å². The Kier molecular flexibility index (Phi) is 6.98. The summed E-state index contributed by atoms with van der Waals surface area (Å²) in [5.41, 5.74) is 3.34. The van der Waals surface area contributed by atoms with E-state index in [-0.39, 0.29) is 5.91 Å². The van der Waals surface area contributed by atoms with Crippen molar-refractivity contribution < 1.29 is 13.9 Å². The number of benzene rings is 2. The number of methoxy groups -OCH3 is 1. The lowest BCUT2D eigenvalue weighted by Gasteiger charge is -2.05. The number of para-hydroxylation sites is 1. The lowest BCUT2D eigenvalue weighted by molar-refractivity contribution is 0.0971. The molecule has 146 valence electrons. The average Bonchev–Trinajstić information content (AvgIpc) is 3.12. The summed E-state index contributed by atoms with van der Waals surface area (Å²) in [6.45, 7) is 7.99. The molecule has 0 spiro atoms. The number of carbonyl (C=O) groups excluding carboxylic acids is 1. The van der Waals surface area contributed by atoms with Crippen molar-refractivity contribution in [2.75, 3.05) is 21.2 Å². The zero-order chi connectivity index (χ0) is 20.7. The van der Waals surface area contributed by atoms with Crippen LogP contribution >= 0.6 is 0 Å². The van der Waals surface area contributed by atoms with Crippen LogP contribution in [0.1, 0.15) is 15.9 Å². The van der Waals surface area contributed by atoms with Gasteiger partial charge in [-0.1, -0.05) is 12.1 Å². The van der Waals surface area contributed by atoms with Gasteiger partial charge in [-0.05, 0) is 36.8 Å². The van der Waals surface area contributed by atoms with Crippen LogP contribution in [-0.2, 0) is 0 Å². The number of rotatable bonds is 5. The number of ether oxygens (including phenoxy) is 1. The van der Waals surface area contributed by atoms with Crippen LogP contribution < -0.4 is 10.1 Å². The maximum absolute atomic E-state index is 12.5. The van der Waals surface area contributed by atoms with Crippen LogP contribution in [0.4, 0.5) is 0 Å².